The number of rotatable bonds is 3. The van der Waals surface area contributed by atoms with E-state index < -0.39 is 9.85 Å². The summed E-state index contributed by atoms with van der Waals surface area (Å²) in [5.41, 5.74) is 1.91. The van der Waals surface area contributed by atoms with Crippen molar-refractivity contribution in [1.82, 2.24) is 4.98 Å². The van der Waals surface area contributed by atoms with Gasteiger partial charge >= 0.3 is 0 Å². The molecule has 0 atom stereocenters. The van der Waals surface area contributed by atoms with Gasteiger partial charge in [-0.3, -0.25) is 20.2 Å². The summed E-state index contributed by atoms with van der Waals surface area (Å²) in [6, 6.07) is 18.5. The Kier molecular flexibility index (Phi) is 3.54. The first-order valence-corrected chi connectivity index (χ1v) is 7.76. The Morgan fingerprint density at radius 1 is 0.692 bits per heavy atom. The molecule has 0 aliphatic carbocycles. The Balaban J connectivity index is 2.16. The topological polar surface area (TPSA) is 99.2 Å². The zero-order chi connectivity index (χ0) is 18.3. The molecule has 1 aromatic heterocycles. The first-order valence-electron chi connectivity index (χ1n) is 7.76. The van der Waals surface area contributed by atoms with Crippen LogP contribution in [0.3, 0.4) is 0 Å². The zero-order valence-electron chi connectivity index (χ0n) is 13.3. The standard InChI is InChI=1S/C19H11N3O4/c23-21(24)13-9-12(10-14(11-13)22(25)26)19-15-5-1-3-7-17(15)20-18-8-4-2-6-16(18)19/h1-11H. The molecule has 0 aliphatic heterocycles. The zero-order valence-corrected chi connectivity index (χ0v) is 13.3. The lowest BCUT2D eigenvalue weighted by atomic mass is 9.95. The quantitative estimate of drug-likeness (QED) is 0.299. The molecule has 0 saturated carbocycles. The number of fused-ring (bicyclic) bond motifs is 2. The minimum Gasteiger partial charge on any atom is -0.258 e. The summed E-state index contributed by atoms with van der Waals surface area (Å²) in [6.07, 6.45) is 0. The van der Waals surface area contributed by atoms with E-state index in [2.05, 4.69) is 4.98 Å². The number of benzene rings is 3. The van der Waals surface area contributed by atoms with Crippen LogP contribution in [0, 0.1) is 20.2 Å². The van der Waals surface area contributed by atoms with Crippen LogP contribution in [-0.2, 0) is 0 Å². The van der Waals surface area contributed by atoms with E-state index in [1.807, 2.05) is 48.5 Å². The van der Waals surface area contributed by atoms with E-state index >= 15 is 0 Å². The summed E-state index contributed by atoms with van der Waals surface area (Å²) in [7, 11) is 0. The van der Waals surface area contributed by atoms with Gasteiger partial charge in [-0.1, -0.05) is 36.4 Å². The maximum absolute atomic E-state index is 11.3. The molecule has 7 heteroatoms. The third kappa shape index (κ3) is 2.51. The van der Waals surface area contributed by atoms with Crippen molar-refractivity contribution in [3.63, 3.8) is 0 Å². The number of nitro groups is 2. The molecule has 7 nitrogen and oxygen atoms in total. The molecule has 0 amide bonds. The summed E-state index contributed by atoms with van der Waals surface area (Å²) in [5, 5.41) is 24.1. The smallest absolute Gasteiger partial charge is 0.258 e. The summed E-state index contributed by atoms with van der Waals surface area (Å²) in [5.74, 6) is 0. The fraction of sp³-hybridized carbons (Fsp3) is 0. The predicted molar refractivity (Wildman–Crippen MR) is 98.0 cm³/mol. The van der Waals surface area contributed by atoms with E-state index in [1.165, 1.54) is 12.1 Å². The van der Waals surface area contributed by atoms with Gasteiger partial charge in [-0.15, -0.1) is 0 Å². The molecular weight excluding hydrogens is 334 g/mol. The lowest BCUT2D eigenvalue weighted by Crippen LogP contribution is -1.95. The number of nitro benzene ring substituents is 2. The van der Waals surface area contributed by atoms with Crippen LogP contribution in [0.25, 0.3) is 32.9 Å². The van der Waals surface area contributed by atoms with Crippen molar-refractivity contribution in [1.29, 1.82) is 0 Å². The van der Waals surface area contributed by atoms with Crippen molar-refractivity contribution >= 4 is 33.2 Å². The van der Waals surface area contributed by atoms with Crippen molar-refractivity contribution in [2.45, 2.75) is 0 Å². The van der Waals surface area contributed by atoms with Crippen LogP contribution >= 0.6 is 0 Å². The molecule has 4 aromatic rings. The molecule has 0 fully saturated rings. The van der Waals surface area contributed by atoms with E-state index in [0.29, 0.717) is 11.1 Å². The average molecular weight is 345 g/mol. The third-order valence-electron chi connectivity index (χ3n) is 4.20. The highest BCUT2D eigenvalue weighted by atomic mass is 16.6. The molecule has 0 unspecified atom stereocenters. The molecule has 0 aliphatic rings. The fourth-order valence-corrected chi connectivity index (χ4v) is 3.10. The molecule has 0 saturated heterocycles. The number of pyridine rings is 1. The van der Waals surface area contributed by atoms with E-state index in [-0.39, 0.29) is 11.4 Å². The van der Waals surface area contributed by atoms with Gasteiger partial charge in [0.15, 0.2) is 0 Å². The van der Waals surface area contributed by atoms with Crippen LogP contribution < -0.4 is 0 Å². The lowest BCUT2D eigenvalue weighted by Gasteiger charge is -2.11. The van der Waals surface area contributed by atoms with Gasteiger partial charge < -0.3 is 0 Å². The van der Waals surface area contributed by atoms with Gasteiger partial charge in [-0.05, 0) is 17.7 Å². The average Bonchev–Trinajstić information content (AvgIpc) is 2.65. The maximum Gasteiger partial charge on any atom is 0.276 e. The summed E-state index contributed by atoms with van der Waals surface area (Å²) < 4.78 is 0. The number of nitrogens with zero attached hydrogens (tertiary/aromatic N) is 3. The monoisotopic (exact) mass is 345 g/mol. The van der Waals surface area contributed by atoms with Gasteiger partial charge in [0.05, 0.1) is 26.9 Å². The highest BCUT2D eigenvalue weighted by Gasteiger charge is 2.20. The molecule has 26 heavy (non-hydrogen) atoms. The second-order valence-corrected chi connectivity index (χ2v) is 5.77. The highest BCUT2D eigenvalue weighted by molar-refractivity contribution is 6.09. The first-order chi connectivity index (χ1) is 12.5. The summed E-state index contributed by atoms with van der Waals surface area (Å²) in [4.78, 5) is 25.9. The van der Waals surface area contributed by atoms with E-state index in [1.54, 1.807) is 0 Å². The van der Waals surface area contributed by atoms with Gasteiger partial charge in [0.2, 0.25) is 0 Å². The van der Waals surface area contributed by atoms with E-state index in [9.17, 15) is 20.2 Å². The first kappa shape index (κ1) is 15.6. The van der Waals surface area contributed by atoms with Gasteiger partial charge in [0.25, 0.3) is 11.4 Å². The lowest BCUT2D eigenvalue weighted by molar-refractivity contribution is -0.394. The Morgan fingerprint density at radius 3 is 1.62 bits per heavy atom. The van der Waals surface area contributed by atoms with Crippen LogP contribution in [0.4, 0.5) is 11.4 Å². The molecule has 0 N–H and O–H groups in total. The number of para-hydroxylation sites is 2. The van der Waals surface area contributed by atoms with Gasteiger partial charge in [-0.25, -0.2) is 4.98 Å². The van der Waals surface area contributed by atoms with Crippen LogP contribution in [0.15, 0.2) is 66.7 Å². The SMILES string of the molecule is O=[N+]([O-])c1cc(-c2c3ccccc3nc3ccccc23)cc([N+](=O)[O-])c1. The second-order valence-electron chi connectivity index (χ2n) is 5.77. The van der Waals surface area contributed by atoms with Crippen LogP contribution in [0.2, 0.25) is 0 Å². The molecule has 3 aromatic carbocycles. The molecule has 0 spiro atoms. The predicted octanol–water partition coefficient (Wildman–Crippen LogP) is 4.87. The summed E-state index contributed by atoms with van der Waals surface area (Å²) in [6.45, 7) is 0. The Labute approximate surface area is 146 Å². The number of hydrogen-bond donors (Lipinski definition) is 0. The van der Waals surface area contributed by atoms with Crippen molar-refractivity contribution in [2.75, 3.05) is 0 Å². The molecule has 0 radical (unpaired) electrons. The van der Waals surface area contributed by atoms with Crippen molar-refractivity contribution in [3.05, 3.63) is 87.0 Å². The Bertz CT molecular complexity index is 1120. The normalized spacial score (nSPS) is 10.9. The number of hydrogen-bond acceptors (Lipinski definition) is 5. The molecule has 0 bridgehead atoms. The molecule has 126 valence electrons. The minimum atomic E-state index is -0.623. The Morgan fingerprint density at radius 2 is 1.15 bits per heavy atom. The largest absolute Gasteiger partial charge is 0.276 e. The Hall–Kier alpha value is -3.87. The number of non-ortho nitro benzene ring substituents is 2. The van der Waals surface area contributed by atoms with Crippen LogP contribution in [-0.4, -0.2) is 14.8 Å². The summed E-state index contributed by atoms with van der Waals surface area (Å²) >= 11 is 0. The van der Waals surface area contributed by atoms with Gasteiger partial charge in [0.1, 0.15) is 0 Å². The highest BCUT2D eigenvalue weighted by Crippen LogP contribution is 2.38. The fourth-order valence-electron chi connectivity index (χ4n) is 3.10. The maximum atomic E-state index is 11.3. The molecule has 1 heterocycles. The molecular formula is C19H11N3O4. The van der Waals surface area contributed by atoms with Gasteiger partial charge in [0, 0.05) is 28.5 Å². The van der Waals surface area contributed by atoms with E-state index in [4.69, 9.17) is 0 Å². The molecule has 4 rings (SSSR count). The van der Waals surface area contributed by atoms with Crippen LogP contribution in [0.5, 0.6) is 0 Å². The van der Waals surface area contributed by atoms with Crippen molar-refractivity contribution < 1.29 is 9.85 Å². The van der Waals surface area contributed by atoms with Gasteiger partial charge in [-0.2, -0.15) is 0 Å². The minimum absolute atomic E-state index is 0.320. The van der Waals surface area contributed by atoms with Crippen molar-refractivity contribution in [2.24, 2.45) is 0 Å². The second kappa shape index (κ2) is 5.89. The third-order valence-corrected chi connectivity index (χ3v) is 4.20. The van der Waals surface area contributed by atoms with E-state index in [0.717, 1.165) is 27.9 Å². The number of aromatic nitrogens is 1. The van der Waals surface area contributed by atoms with Crippen molar-refractivity contribution in [3.8, 4) is 11.1 Å². The van der Waals surface area contributed by atoms with Crippen LogP contribution in [0.1, 0.15) is 0 Å².